The van der Waals surface area contributed by atoms with Crippen molar-refractivity contribution in [1.82, 2.24) is 4.98 Å². The van der Waals surface area contributed by atoms with E-state index in [1.165, 1.54) is 0 Å². The molecule has 98 valence electrons. The lowest BCUT2D eigenvalue weighted by atomic mass is 10.00. The number of ketones is 1. The van der Waals surface area contributed by atoms with Crippen molar-refractivity contribution in [2.75, 3.05) is 0 Å². The van der Waals surface area contributed by atoms with E-state index in [2.05, 4.69) is 20.9 Å². The second-order valence-corrected chi connectivity index (χ2v) is 5.43. The third-order valence-electron chi connectivity index (χ3n) is 3.07. The van der Waals surface area contributed by atoms with Gasteiger partial charge in [0, 0.05) is 33.4 Å². The van der Waals surface area contributed by atoms with Crippen LogP contribution in [0.25, 0.3) is 0 Å². The predicted octanol–water partition coefficient (Wildman–Crippen LogP) is 3.63. The van der Waals surface area contributed by atoms with Gasteiger partial charge in [0.1, 0.15) is 0 Å². The highest BCUT2D eigenvalue weighted by molar-refractivity contribution is 9.10. The average Bonchev–Trinajstić information content (AvgIpc) is 2.63. The zero-order chi connectivity index (χ0) is 14.0. The maximum atomic E-state index is 12.3. The normalized spacial score (nSPS) is 10.5. The molecule has 0 bridgehead atoms. The fourth-order valence-electron chi connectivity index (χ4n) is 2.23. The third-order valence-corrected chi connectivity index (χ3v) is 3.57. The number of rotatable bonds is 4. The lowest BCUT2D eigenvalue weighted by Gasteiger charge is -2.03. The van der Waals surface area contributed by atoms with Crippen molar-refractivity contribution in [3.8, 4) is 0 Å². The number of carbonyl (C=O) groups excluding carboxylic acids is 2. The van der Waals surface area contributed by atoms with Gasteiger partial charge in [0.15, 0.2) is 12.1 Å². The van der Waals surface area contributed by atoms with Gasteiger partial charge in [0.2, 0.25) is 0 Å². The molecule has 1 heterocycles. The van der Waals surface area contributed by atoms with Gasteiger partial charge in [-0.15, -0.1) is 0 Å². The Morgan fingerprint density at radius 1 is 1.32 bits per heavy atom. The van der Waals surface area contributed by atoms with Crippen LogP contribution in [-0.4, -0.2) is 17.1 Å². The van der Waals surface area contributed by atoms with Crippen molar-refractivity contribution >= 4 is 28.0 Å². The van der Waals surface area contributed by atoms with Gasteiger partial charge in [-0.1, -0.05) is 28.1 Å². The van der Waals surface area contributed by atoms with Crippen molar-refractivity contribution in [1.29, 1.82) is 0 Å². The molecule has 0 fully saturated rings. The monoisotopic (exact) mass is 319 g/mol. The standard InChI is InChI=1S/C15H14BrNO2/c1-9-13(8-18)15(10(2)17-9)14(19)7-11-4-3-5-12(16)6-11/h3-6,8,17H,7H2,1-2H3. The van der Waals surface area contributed by atoms with Crippen LogP contribution < -0.4 is 0 Å². The molecule has 0 saturated heterocycles. The quantitative estimate of drug-likeness (QED) is 0.691. The summed E-state index contributed by atoms with van der Waals surface area (Å²) in [5, 5.41) is 0. The number of H-pyrrole nitrogens is 1. The Balaban J connectivity index is 2.33. The summed E-state index contributed by atoms with van der Waals surface area (Å²) in [4.78, 5) is 26.5. The number of aldehydes is 1. The molecule has 0 saturated carbocycles. The highest BCUT2D eigenvalue weighted by Gasteiger charge is 2.18. The lowest BCUT2D eigenvalue weighted by Crippen LogP contribution is -2.07. The molecule has 0 spiro atoms. The summed E-state index contributed by atoms with van der Waals surface area (Å²) in [5.41, 5.74) is 3.39. The van der Waals surface area contributed by atoms with Crippen molar-refractivity contribution in [3.63, 3.8) is 0 Å². The highest BCUT2D eigenvalue weighted by atomic mass is 79.9. The van der Waals surface area contributed by atoms with E-state index in [9.17, 15) is 9.59 Å². The fourth-order valence-corrected chi connectivity index (χ4v) is 2.67. The van der Waals surface area contributed by atoms with Crippen LogP contribution in [0.2, 0.25) is 0 Å². The van der Waals surface area contributed by atoms with Crippen LogP contribution in [0.5, 0.6) is 0 Å². The van der Waals surface area contributed by atoms with E-state index in [0.717, 1.165) is 27.7 Å². The number of aromatic nitrogens is 1. The van der Waals surface area contributed by atoms with E-state index in [-0.39, 0.29) is 5.78 Å². The van der Waals surface area contributed by atoms with Crippen molar-refractivity contribution < 1.29 is 9.59 Å². The molecule has 2 aromatic rings. The van der Waals surface area contributed by atoms with Gasteiger partial charge in [-0.3, -0.25) is 9.59 Å². The number of halogens is 1. The first-order valence-electron chi connectivity index (χ1n) is 5.95. The summed E-state index contributed by atoms with van der Waals surface area (Å²) in [7, 11) is 0. The molecule has 19 heavy (non-hydrogen) atoms. The van der Waals surface area contributed by atoms with Gasteiger partial charge in [-0.05, 0) is 31.5 Å². The van der Waals surface area contributed by atoms with Crippen LogP contribution in [0, 0.1) is 13.8 Å². The average molecular weight is 320 g/mol. The summed E-state index contributed by atoms with van der Waals surface area (Å²) in [6.07, 6.45) is 1.03. The van der Waals surface area contributed by atoms with Crippen LogP contribution in [-0.2, 0) is 6.42 Å². The van der Waals surface area contributed by atoms with E-state index >= 15 is 0 Å². The van der Waals surface area contributed by atoms with Crippen LogP contribution in [0.15, 0.2) is 28.7 Å². The van der Waals surface area contributed by atoms with Crippen molar-refractivity contribution in [3.05, 3.63) is 56.8 Å². The topological polar surface area (TPSA) is 49.9 Å². The number of carbonyl (C=O) groups is 2. The fraction of sp³-hybridized carbons (Fsp3) is 0.200. The van der Waals surface area contributed by atoms with Gasteiger partial charge < -0.3 is 4.98 Å². The molecule has 4 heteroatoms. The number of Topliss-reactive ketones (excluding diaryl/α,β-unsaturated/α-hetero) is 1. The van der Waals surface area contributed by atoms with Gasteiger partial charge in [0.25, 0.3) is 0 Å². The minimum atomic E-state index is -0.0398. The molecule has 1 aromatic carbocycles. The Bertz CT molecular complexity index is 644. The molecule has 2 rings (SSSR count). The molecule has 0 radical (unpaired) electrons. The molecule has 0 unspecified atom stereocenters. The van der Waals surface area contributed by atoms with Crippen molar-refractivity contribution in [2.24, 2.45) is 0 Å². The minimum absolute atomic E-state index is 0.0398. The van der Waals surface area contributed by atoms with E-state index in [0.29, 0.717) is 17.5 Å². The summed E-state index contributed by atoms with van der Waals surface area (Å²) in [6, 6.07) is 7.62. The smallest absolute Gasteiger partial charge is 0.169 e. The lowest BCUT2D eigenvalue weighted by molar-refractivity contribution is 0.0986. The Morgan fingerprint density at radius 3 is 2.68 bits per heavy atom. The largest absolute Gasteiger partial charge is 0.362 e. The first kappa shape index (κ1) is 13.7. The zero-order valence-electron chi connectivity index (χ0n) is 10.8. The first-order chi connectivity index (χ1) is 9.02. The third kappa shape index (κ3) is 2.84. The Hall–Kier alpha value is -1.68. The number of nitrogens with one attached hydrogen (secondary N) is 1. The molecular weight excluding hydrogens is 306 g/mol. The summed E-state index contributed by atoms with van der Waals surface area (Å²) in [6.45, 7) is 3.61. The highest BCUT2D eigenvalue weighted by Crippen LogP contribution is 2.20. The second-order valence-electron chi connectivity index (χ2n) is 4.51. The molecule has 1 N–H and O–H groups in total. The minimum Gasteiger partial charge on any atom is -0.362 e. The molecule has 3 nitrogen and oxygen atoms in total. The van der Waals surface area contributed by atoms with Gasteiger partial charge in [0.05, 0.1) is 0 Å². The van der Waals surface area contributed by atoms with Crippen molar-refractivity contribution in [2.45, 2.75) is 20.3 Å². The number of hydrogen-bond donors (Lipinski definition) is 1. The Morgan fingerprint density at radius 2 is 2.05 bits per heavy atom. The van der Waals surface area contributed by atoms with E-state index in [4.69, 9.17) is 0 Å². The number of aryl methyl sites for hydroxylation is 2. The maximum Gasteiger partial charge on any atom is 0.169 e. The van der Waals surface area contributed by atoms with E-state index in [1.54, 1.807) is 6.92 Å². The van der Waals surface area contributed by atoms with Crippen LogP contribution in [0.3, 0.4) is 0 Å². The van der Waals surface area contributed by atoms with Gasteiger partial charge >= 0.3 is 0 Å². The number of benzene rings is 1. The van der Waals surface area contributed by atoms with Gasteiger partial charge in [-0.2, -0.15) is 0 Å². The molecule has 1 aromatic heterocycles. The molecule has 0 atom stereocenters. The van der Waals surface area contributed by atoms with Crippen LogP contribution in [0.1, 0.15) is 37.7 Å². The zero-order valence-corrected chi connectivity index (χ0v) is 12.4. The van der Waals surface area contributed by atoms with E-state index < -0.39 is 0 Å². The Labute approximate surface area is 120 Å². The molecular formula is C15H14BrNO2. The summed E-state index contributed by atoms with van der Waals surface area (Å²) in [5.74, 6) is -0.0398. The summed E-state index contributed by atoms with van der Waals surface area (Å²) >= 11 is 3.38. The molecule has 0 aliphatic heterocycles. The second kappa shape index (κ2) is 5.53. The van der Waals surface area contributed by atoms with Crippen LogP contribution in [0.4, 0.5) is 0 Å². The summed E-state index contributed by atoms with van der Waals surface area (Å²) < 4.78 is 0.940. The number of hydrogen-bond acceptors (Lipinski definition) is 2. The molecule has 0 amide bonds. The molecule has 0 aliphatic rings. The first-order valence-corrected chi connectivity index (χ1v) is 6.74. The number of aromatic amines is 1. The van der Waals surface area contributed by atoms with Crippen LogP contribution >= 0.6 is 15.9 Å². The van der Waals surface area contributed by atoms with E-state index in [1.807, 2.05) is 31.2 Å². The maximum absolute atomic E-state index is 12.3. The Kier molecular flexibility index (Phi) is 4.00. The SMILES string of the molecule is Cc1[nH]c(C)c(C(=O)Cc2cccc(Br)c2)c1C=O. The molecule has 0 aliphatic carbocycles. The van der Waals surface area contributed by atoms with Gasteiger partial charge in [-0.25, -0.2) is 0 Å². The predicted molar refractivity (Wildman–Crippen MR) is 77.8 cm³/mol.